The predicted molar refractivity (Wildman–Crippen MR) is 139 cm³/mol. The normalized spacial score (nSPS) is 16.1. The molecule has 1 unspecified atom stereocenters. The number of nitrogens with one attached hydrogen (secondary N) is 2. The van der Waals surface area contributed by atoms with Gasteiger partial charge in [-0.1, -0.05) is 36.7 Å². The van der Waals surface area contributed by atoms with Crippen LogP contribution in [0.25, 0.3) is 0 Å². The number of hydrogen-bond acceptors (Lipinski definition) is 6. The Morgan fingerprint density at radius 2 is 1.89 bits per heavy atom. The number of carbonyl (C=O) groups excluding carboxylic acids is 2. The van der Waals surface area contributed by atoms with Crippen LogP contribution in [0.2, 0.25) is 5.02 Å². The highest BCUT2D eigenvalue weighted by molar-refractivity contribution is 6.30. The van der Waals surface area contributed by atoms with Crippen molar-refractivity contribution in [3.8, 4) is 11.6 Å². The molecule has 2 amide bonds. The molecule has 11 heteroatoms. The van der Waals surface area contributed by atoms with Crippen molar-refractivity contribution in [3.63, 3.8) is 0 Å². The van der Waals surface area contributed by atoms with Crippen LogP contribution in [-0.4, -0.2) is 39.0 Å². The molecule has 0 fully saturated rings. The molecule has 1 aromatic heterocycles. The van der Waals surface area contributed by atoms with Crippen LogP contribution >= 0.6 is 11.6 Å². The molecule has 0 bridgehead atoms. The standard InChI is InChI=1S/C26H25ClN6O4/c1-2-22(34)31-21-14-29-26(33(25(21)36)15-16-6-8-17(27)9-7-16)30-18-10-12-19(13-11-18)37-23-5-3-4-20(32-23)24(28)35/h3-14,25,36H,2,15H2,1H3,(H2,28,35)(H,29,30)(H,31,34). The Hall–Kier alpha value is -4.41. The van der Waals surface area contributed by atoms with Crippen LogP contribution in [-0.2, 0) is 11.3 Å². The number of carbonyl (C=O) groups is 2. The van der Waals surface area contributed by atoms with E-state index in [0.717, 1.165) is 5.56 Å². The van der Waals surface area contributed by atoms with Gasteiger partial charge in [-0.05, 0) is 48.0 Å². The zero-order valence-electron chi connectivity index (χ0n) is 19.9. The first-order valence-corrected chi connectivity index (χ1v) is 11.8. The number of primary amides is 1. The quantitative estimate of drug-likeness (QED) is 0.356. The summed E-state index contributed by atoms with van der Waals surface area (Å²) >= 11 is 6.01. The van der Waals surface area contributed by atoms with Crippen LogP contribution in [0.3, 0.4) is 0 Å². The van der Waals surface area contributed by atoms with Crippen molar-refractivity contribution >= 4 is 35.1 Å². The minimum atomic E-state index is -1.14. The molecule has 190 valence electrons. The van der Waals surface area contributed by atoms with E-state index in [1.165, 1.54) is 12.3 Å². The van der Waals surface area contributed by atoms with Crippen molar-refractivity contribution in [2.45, 2.75) is 26.1 Å². The van der Waals surface area contributed by atoms with Gasteiger partial charge in [-0.25, -0.2) is 9.98 Å². The molecule has 0 saturated carbocycles. The number of aliphatic imine (C=N–C) groups is 1. The summed E-state index contributed by atoms with van der Waals surface area (Å²) in [5, 5.41) is 17.4. The number of aliphatic hydroxyl groups is 1. The number of ether oxygens (including phenoxy) is 1. The Bertz CT molecular complexity index is 1340. The summed E-state index contributed by atoms with van der Waals surface area (Å²) in [6, 6.07) is 18.8. The highest BCUT2D eigenvalue weighted by Gasteiger charge is 2.28. The molecule has 0 saturated heterocycles. The maximum Gasteiger partial charge on any atom is 0.267 e. The summed E-state index contributed by atoms with van der Waals surface area (Å²) in [6.07, 6.45) is 0.654. The first-order chi connectivity index (χ1) is 17.8. The minimum Gasteiger partial charge on any atom is -0.439 e. The molecule has 1 aliphatic rings. The largest absolute Gasteiger partial charge is 0.439 e. The van der Waals surface area contributed by atoms with Crippen molar-refractivity contribution < 1.29 is 19.4 Å². The SMILES string of the molecule is CCC(=O)NC1=CN/C(=N\c2ccc(Oc3cccc(C(N)=O)n3)cc2)N(Cc2ccc(Cl)cc2)C1O. The number of hydrogen-bond donors (Lipinski definition) is 4. The number of aliphatic hydroxyl groups excluding tert-OH is 1. The third-order valence-electron chi connectivity index (χ3n) is 5.34. The molecule has 4 rings (SSSR count). The molecule has 1 aliphatic heterocycles. The van der Waals surface area contributed by atoms with Crippen molar-refractivity contribution in [1.29, 1.82) is 0 Å². The maximum atomic E-state index is 11.9. The summed E-state index contributed by atoms with van der Waals surface area (Å²) < 4.78 is 5.71. The number of guanidine groups is 1. The highest BCUT2D eigenvalue weighted by Crippen LogP contribution is 2.25. The first-order valence-electron chi connectivity index (χ1n) is 11.4. The molecule has 5 N–H and O–H groups in total. The van der Waals surface area contributed by atoms with E-state index < -0.39 is 12.1 Å². The van der Waals surface area contributed by atoms with E-state index in [1.807, 2.05) is 12.1 Å². The predicted octanol–water partition coefficient (Wildman–Crippen LogP) is 3.41. The lowest BCUT2D eigenvalue weighted by Gasteiger charge is -2.35. The number of halogens is 1. The highest BCUT2D eigenvalue weighted by atomic mass is 35.5. The average molecular weight is 521 g/mol. The summed E-state index contributed by atoms with van der Waals surface area (Å²) in [7, 11) is 0. The van der Waals surface area contributed by atoms with Gasteiger partial charge in [0.1, 0.15) is 11.4 Å². The van der Waals surface area contributed by atoms with Crippen LogP contribution in [0, 0.1) is 0 Å². The van der Waals surface area contributed by atoms with E-state index in [0.29, 0.717) is 34.7 Å². The van der Waals surface area contributed by atoms with Crippen molar-refractivity contribution in [3.05, 3.63) is 94.9 Å². The van der Waals surface area contributed by atoms with Crippen LogP contribution in [0.1, 0.15) is 29.4 Å². The molecule has 37 heavy (non-hydrogen) atoms. The molecule has 0 aliphatic carbocycles. The van der Waals surface area contributed by atoms with Gasteiger partial charge in [0, 0.05) is 30.3 Å². The zero-order valence-corrected chi connectivity index (χ0v) is 20.6. The fourth-order valence-electron chi connectivity index (χ4n) is 3.42. The van der Waals surface area contributed by atoms with Gasteiger partial charge in [-0.3, -0.25) is 9.59 Å². The van der Waals surface area contributed by atoms with E-state index in [9.17, 15) is 14.7 Å². The number of pyridine rings is 1. The van der Waals surface area contributed by atoms with Crippen LogP contribution < -0.4 is 21.1 Å². The molecular weight excluding hydrogens is 496 g/mol. The topological polar surface area (TPSA) is 142 Å². The smallest absolute Gasteiger partial charge is 0.267 e. The fraction of sp³-hybridized carbons (Fsp3) is 0.154. The molecule has 2 heterocycles. The number of nitrogens with zero attached hydrogens (tertiary/aromatic N) is 3. The number of aromatic nitrogens is 1. The summed E-state index contributed by atoms with van der Waals surface area (Å²) in [4.78, 5) is 33.6. The van der Waals surface area contributed by atoms with Gasteiger partial charge < -0.3 is 31.1 Å². The Labute approximate surface area is 218 Å². The number of rotatable bonds is 8. The third-order valence-corrected chi connectivity index (χ3v) is 5.60. The van der Waals surface area contributed by atoms with Gasteiger partial charge in [0.15, 0.2) is 6.23 Å². The third kappa shape index (κ3) is 6.63. The van der Waals surface area contributed by atoms with E-state index in [4.69, 9.17) is 22.1 Å². The van der Waals surface area contributed by atoms with Crippen molar-refractivity contribution in [2.75, 3.05) is 0 Å². The molecule has 3 aromatic rings. The lowest BCUT2D eigenvalue weighted by Crippen LogP contribution is -2.53. The summed E-state index contributed by atoms with van der Waals surface area (Å²) in [6.45, 7) is 2.03. The van der Waals surface area contributed by atoms with Gasteiger partial charge in [0.05, 0.1) is 11.4 Å². The second-order valence-corrected chi connectivity index (χ2v) is 8.47. The second kappa shape index (κ2) is 11.5. The Balaban J connectivity index is 1.56. The minimum absolute atomic E-state index is 0.103. The van der Waals surface area contributed by atoms with Gasteiger partial charge in [-0.2, -0.15) is 0 Å². The molecular formula is C26H25ClN6O4. The summed E-state index contributed by atoms with van der Waals surface area (Å²) in [5.74, 6) is 0.228. The molecule has 10 nitrogen and oxygen atoms in total. The van der Waals surface area contributed by atoms with Crippen LogP contribution in [0.4, 0.5) is 5.69 Å². The summed E-state index contributed by atoms with van der Waals surface area (Å²) in [5.41, 5.74) is 7.15. The van der Waals surface area contributed by atoms with Gasteiger partial charge in [-0.15, -0.1) is 0 Å². The van der Waals surface area contributed by atoms with Crippen LogP contribution in [0.5, 0.6) is 11.6 Å². The van der Waals surface area contributed by atoms with Gasteiger partial charge in [0.25, 0.3) is 5.91 Å². The van der Waals surface area contributed by atoms with E-state index >= 15 is 0 Å². The monoisotopic (exact) mass is 520 g/mol. The number of benzene rings is 2. The van der Waals surface area contributed by atoms with Crippen LogP contribution in [0.15, 0.2) is 83.6 Å². The first kappa shape index (κ1) is 25.7. The zero-order chi connectivity index (χ0) is 26.4. The number of nitrogens with two attached hydrogens (primary N) is 1. The van der Waals surface area contributed by atoms with Crippen molar-refractivity contribution in [1.82, 2.24) is 20.5 Å². The van der Waals surface area contributed by atoms with E-state index in [1.54, 1.807) is 60.4 Å². The Kier molecular flexibility index (Phi) is 8.02. The van der Waals surface area contributed by atoms with Crippen molar-refractivity contribution in [2.24, 2.45) is 10.7 Å². The second-order valence-electron chi connectivity index (χ2n) is 8.03. The average Bonchev–Trinajstić information content (AvgIpc) is 2.90. The molecule has 0 spiro atoms. The Morgan fingerprint density at radius 3 is 2.57 bits per heavy atom. The molecule has 1 atom stereocenters. The lowest BCUT2D eigenvalue weighted by atomic mass is 10.2. The van der Waals surface area contributed by atoms with Gasteiger partial charge in [0.2, 0.25) is 17.7 Å². The molecule has 0 radical (unpaired) electrons. The molecule has 2 aromatic carbocycles. The van der Waals surface area contributed by atoms with E-state index in [2.05, 4.69) is 20.6 Å². The van der Waals surface area contributed by atoms with Gasteiger partial charge >= 0.3 is 0 Å². The fourth-order valence-corrected chi connectivity index (χ4v) is 3.54. The Morgan fingerprint density at radius 1 is 1.16 bits per heavy atom. The lowest BCUT2D eigenvalue weighted by molar-refractivity contribution is -0.120. The number of amides is 2. The van der Waals surface area contributed by atoms with E-state index in [-0.39, 0.29) is 23.9 Å². The maximum absolute atomic E-state index is 11.9.